The molecule has 3 aromatic rings. The molecular weight excluding hydrogens is 350 g/mol. The maximum absolute atomic E-state index is 12.4. The van der Waals surface area contributed by atoms with Crippen molar-refractivity contribution in [2.45, 2.75) is 0 Å². The van der Waals surface area contributed by atoms with Gasteiger partial charge < -0.3 is 23.9 Å². The van der Waals surface area contributed by atoms with E-state index in [-0.39, 0.29) is 19.1 Å². The highest BCUT2D eigenvalue weighted by atomic mass is 16.5. The number of rotatable bonds is 8. The minimum absolute atomic E-state index is 0.234. The number of hydrogen-bond donors (Lipinski definition) is 1. The third kappa shape index (κ3) is 4.35. The molecule has 0 saturated carbocycles. The van der Waals surface area contributed by atoms with Gasteiger partial charge in [-0.3, -0.25) is 4.79 Å². The van der Waals surface area contributed by atoms with Gasteiger partial charge in [-0.2, -0.15) is 0 Å². The van der Waals surface area contributed by atoms with Crippen LogP contribution >= 0.6 is 0 Å². The molecule has 0 aliphatic rings. The van der Waals surface area contributed by atoms with Crippen LogP contribution in [0.5, 0.6) is 17.4 Å². The number of methoxy groups -OCH3 is 2. The molecule has 0 aliphatic heterocycles. The molecule has 0 radical (unpaired) electrons. The third-order valence-corrected chi connectivity index (χ3v) is 3.71. The minimum Gasteiger partial charge on any atom is -0.496 e. The smallest absolute Gasteiger partial charge is 0.258 e. The van der Waals surface area contributed by atoms with Crippen LogP contribution in [0.25, 0.3) is 11.5 Å². The highest BCUT2D eigenvalue weighted by molar-refractivity contribution is 5.99. The summed E-state index contributed by atoms with van der Waals surface area (Å²) in [7, 11) is 3.00. The molecule has 0 saturated heterocycles. The number of amides is 1. The Kier molecular flexibility index (Phi) is 5.88. The zero-order chi connectivity index (χ0) is 19.1. The second kappa shape index (κ2) is 8.70. The molecule has 140 valence electrons. The highest BCUT2D eigenvalue weighted by Gasteiger charge is 2.17. The van der Waals surface area contributed by atoms with Crippen LogP contribution in [0.3, 0.4) is 0 Å². The first-order valence-electron chi connectivity index (χ1n) is 8.22. The Morgan fingerprint density at radius 1 is 1.04 bits per heavy atom. The quantitative estimate of drug-likeness (QED) is 0.610. The van der Waals surface area contributed by atoms with Gasteiger partial charge in [0.1, 0.15) is 29.4 Å². The highest BCUT2D eigenvalue weighted by Crippen LogP contribution is 2.27. The Morgan fingerprint density at radius 3 is 2.41 bits per heavy atom. The fourth-order valence-electron chi connectivity index (χ4n) is 2.44. The second-order valence-corrected chi connectivity index (χ2v) is 5.38. The van der Waals surface area contributed by atoms with E-state index in [4.69, 9.17) is 18.6 Å². The van der Waals surface area contributed by atoms with Gasteiger partial charge in [0.25, 0.3) is 5.91 Å². The number of carbonyl (C=O) groups excluding carboxylic acids is 1. The number of aromatic nitrogens is 2. The van der Waals surface area contributed by atoms with Crippen molar-refractivity contribution in [1.82, 2.24) is 15.5 Å². The molecule has 0 bridgehead atoms. The molecule has 8 nitrogen and oxygen atoms in total. The molecule has 0 atom stereocenters. The van der Waals surface area contributed by atoms with Crippen molar-refractivity contribution in [1.29, 1.82) is 0 Å². The normalized spacial score (nSPS) is 10.3. The van der Waals surface area contributed by atoms with Gasteiger partial charge in [0, 0.05) is 6.07 Å². The predicted molar refractivity (Wildman–Crippen MR) is 97.1 cm³/mol. The second-order valence-electron chi connectivity index (χ2n) is 5.38. The average molecular weight is 369 g/mol. The van der Waals surface area contributed by atoms with Crippen LogP contribution in [-0.2, 0) is 0 Å². The molecule has 0 spiro atoms. The Morgan fingerprint density at radius 2 is 1.81 bits per heavy atom. The first kappa shape index (κ1) is 18.2. The van der Waals surface area contributed by atoms with E-state index in [2.05, 4.69) is 15.5 Å². The maximum atomic E-state index is 12.4. The fourth-order valence-corrected chi connectivity index (χ4v) is 2.44. The lowest BCUT2D eigenvalue weighted by Gasteiger charge is -2.13. The largest absolute Gasteiger partial charge is 0.496 e. The number of nitrogens with zero attached hydrogens (tertiary/aromatic N) is 2. The van der Waals surface area contributed by atoms with Crippen LogP contribution < -0.4 is 19.5 Å². The summed E-state index contributed by atoms with van der Waals surface area (Å²) in [4.78, 5) is 12.4. The lowest BCUT2D eigenvalue weighted by molar-refractivity contribution is 0.0940. The van der Waals surface area contributed by atoms with Gasteiger partial charge in [0.05, 0.1) is 27.0 Å². The van der Waals surface area contributed by atoms with Gasteiger partial charge in [-0.05, 0) is 30.3 Å². The summed E-state index contributed by atoms with van der Waals surface area (Å²) < 4.78 is 21.2. The first-order valence-corrected chi connectivity index (χ1v) is 8.22. The zero-order valence-electron chi connectivity index (χ0n) is 15.0. The summed E-state index contributed by atoms with van der Waals surface area (Å²) in [5.41, 5.74) is 0.953. The van der Waals surface area contributed by atoms with Crippen molar-refractivity contribution in [3.63, 3.8) is 0 Å². The Labute approximate surface area is 156 Å². The molecule has 2 aromatic heterocycles. The van der Waals surface area contributed by atoms with E-state index in [0.717, 1.165) is 0 Å². The van der Waals surface area contributed by atoms with Gasteiger partial charge in [-0.1, -0.05) is 6.07 Å². The van der Waals surface area contributed by atoms with Crippen LogP contribution in [0.2, 0.25) is 0 Å². The maximum Gasteiger partial charge on any atom is 0.258 e. The van der Waals surface area contributed by atoms with Crippen LogP contribution in [0, 0.1) is 0 Å². The van der Waals surface area contributed by atoms with Crippen molar-refractivity contribution in [2.75, 3.05) is 27.4 Å². The SMILES string of the molecule is COc1cccc(OC)c1C(=O)NCCOc1ccc(-c2ccco2)nn1. The van der Waals surface area contributed by atoms with Crippen molar-refractivity contribution in [3.8, 4) is 28.8 Å². The Bertz CT molecular complexity index is 857. The average Bonchev–Trinajstić information content (AvgIpc) is 3.25. The number of hydrogen-bond acceptors (Lipinski definition) is 7. The molecule has 0 unspecified atom stereocenters. The molecule has 3 rings (SSSR count). The summed E-state index contributed by atoms with van der Waals surface area (Å²) in [6.45, 7) is 0.514. The van der Waals surface area contributed by atoms with Gasteiger partial charge in [0.15, 0.2) is 5.76 Å². The van der Waals surface area contributed by atoms with Crippen LogP contribution in [0.1, 0.15) is 10.4 Å². The molecule has 8 heteroatoms. The van der Waals surface area contributed by atoms with E-state index in [9.17, 15) is 4.79 Å². The Balaban J connectivity index is 1.52. The van der Waals surface area contributed by atoms with Crippen LogP contribution in [-0.4, -0.2) is 43.5 Å². The monoisotopic (exact) mass is 369 g/mol. The van der Waals surface area contributed by atoms with Gasteiger partial charge in [0.2, 0.25) is 5.88 Å². The number of carbonyl (C=O) groups is 1. The van der Waals surface area contributed by atoms with Crippen molar-refractivity contribution in [3.05, 3.63) is 54.3 Å². The predicted octanol–water partition coefficient (Wildman–Crippen LogP) is 2.56. The lowest BCUT2D eigenvalue weighted by atomic mass is 10.1. The van der Waals surface area contributed by atoms with E-state index in [1.54, 1.807) is 48.7 Å². The summed E-state index contributed by atoms with van der Waals surface area (Å²) in [6.07, 6.45) is 1.57. The topological polar surface area (TPSA) is 95.7 Å². The fraction of sp³-hybridized carbons (Fsp3) is 0.211. The summed E-state index contributed by atoms with van der Waals surface area (Å²) in [5, 5.41) is 10.8. The lowest BCUT2D eigenvalue weighted by Crippen LogP contribution is -2.29. The molecule has 0 fully saturated rings. The molecule has 0 aliphatic carbocycles. The molecule has 2 heterocycles. The van der Waals surface area contributed by atoms with Gasteiger partial charge in [-0.25, -0.2) is 0 Å². The number of benzene rings is 1. The van der Waals surface area contributed by atoms with E-state index in [1.165, 1.54) is 14.2 Å². The van der Waals surface area contributed by atoms with Gasteiger partial charge >= 0.3 is 0 Å². The Hall–Kier alpha value is -3.55. The molecule has 1 amide bonds. The standard InChI is InChI=1S/C19H19N3O5/c1-24-15-5-3-6-16(25-2)18(15)19(23)20-10-12-27-17-9-8-13(21-22-17)14-7-4-11-26-14/h3-9,11H,10,12H2,1-2H3,(H,20,23). The van der Waals surface area contributed by atoms with E-state index in [0.29, 0.717) is 34.4 Å². The van der Waals surface area contributed by atoms with Crippen molar-refractivity contribution >= 4 is 5.91 Å². The molecule has 1 aromatic carbocycles. The van der Waals surface area contributed by atoms with E-state index in [1.807, 2.05) is 0 Å². The van der Waals surface area contributed by atoms with Crippen molar-refractivity contribution in [2.24, 2.45) is 0 Å². The third-order valence-electron chi connectivity index (χ3n) is 3.71. The summed E-state index contributed by atoms with van der Waals surface area (Å²) in [5.74, 6) is 1.55. The van der Waals surface area contributed by atoms with Crippen LogP contribution in [0.15, 0.2) is 53.1 Å². The summed E-state index contributed by atoms with van der Waals surface area (Å²) in [6, 6.07) is 12.2. The minimum atomic E-state index is -0.313. The van der Waals surface area contributed by atoms with Crippen molar-refractivity contribution < 1.29 is 23.4 Å². The van der Waals surface area contributed by atoms with Crippen LogP contribution in [0.4, 0.5) is 0 Å². The number of nitrogens with one attached hydrogen (secondary N) is 1. The first-order chi connectivity index (χ1) is 13.2. The van der Waals surface area contributed by atoms with Gasteiger partial charge in [-0.15, -0.1) is 10.2 Å². The molecular formula is C19H19N3O5. The van der Waals surface area contributed by atoms with E-state index >= 15 is 0 Å². The van der Waals surface area contributed by atoms with E-state index < -0.39 is 0 Å². The summed E-state index contributed by atoms with van der Waals surface area (Å²) >= 11 is 0. The zero-order valence-corrected chi connectivity index (χ0v) is 15.0. The number of ether oxygens (including phenoxy) is 3. The molecule has 1 N–H and O–H groups in total. The molecule has 27 heavy (non-hydrogen) atoms. The number of furan rings is 1.